The molecule has 0 fully saturated rings. The first-order valence-electron chi connectivity index (χ1n) is 5.30. The fourth-order valence-corrected chi connectivity index (χ4v) is 1.63. The van der Waals surface area contributed by atoms with Crippen LogP contribution in [0.1, 0.15) is 0 Å². The Bertz CT molecular complexity index is 651. The standard InChI is InChI=1S/C12H9N5O/c13-11-9(8-4-1-2-5-14-8)10(17-18-11)12-15-6-3-7-16-12/h1-7H,13H2. The van der Waals surface area contributed by atoms with Crippen molar-refractivity contribution >= 4 is 5.88 Å². The zero-order valence-corrected chi connectivity index (χ0v) is 9.32. The zero-order valence-electron chi connectivity index (χ0n) is 9.32. The number of hydrogen-bond donors (Lipinski definition) is 1. The highest BCUT2D eigenvalue weighted by molar-refractivity contribution is 5.82. The molecular formula is C12H9N5O. The van der Waals surface area contributed by atoms with E-state index in [-0.39, 0.29) is 5.88 Å². The monoisotopic (exact) mass is 239 g/mol. The summed E-state index contributed by atoms with van der Waals surface area (Å²) in [7, 11) is 0. The molecular weight excluding hydrogens is 230 g/mol. The Morgan fingerprint density at radius 2 is 1.72 bits per heavy atom. The average molecular weight is 239 g/mol. The Balaban J connectivity index is 2.19. The van der Waals surface area contributed by atoms with Gasteiger partial charge in [0.15, 0.2) is 11.5 Å². The van der Waals surface area contributed by atoms with E-state index >= 15 is 0 Å². The number of nitrogen functional groups attached to an aromatic ring is 1. The number of pyridine rings is 1. The number of nitrogens with two attached hydrogens (primary N) is 1. The van der Waals surface area contributed by atoms with Crippen LogP contribution in [-0.2, 0) is 0 Å². The summed E-state index contributed by atoms with van der Waals surface area (Å²) >= 11 is 0. The van der Waals surface area contributed by atoms with Crippen LogP contribution in [0, 0.1) is 0 Å². The van der Waals surface area contributed by atoms with E-state index in [1.54, 1.807) is 24.7 Å². The SMILES string of the molecule is Nc1onc(-c2ncccn2)c1-c1ccccn1. The molecule has 0 bridgehead atoms. The van der Waals surface area contributed by atoms with E-state index < -0.39 is 0 Å². The summed E-state index contributed by atoms with van der Waals surface area (Å²) in [4.78, 5) is 12.5. The molecule has 3 heterocycles. The Hall–Kier alpha value is -2.76. The lowest BCUT2D eigenvalue weighted by Gasteiger charge is -1.99. The van der Waals surface area contributed by atoms with Crippen molar-refractivity contribution in [3.05, 3.63) is 42.9 Å². The van der Waals surface area contributed by atoms with Crippen LogP contribution in [0.15, 0.2) is 47.4 Å². The maximum Gasteiger partial charge on any atom is 0.232 e. The average Bonchev–Trinajstić information content (AvgIpc) is 2.83. The Morgan fingerprint density at radius 1 is 0.944 bits per heavy atom. The molecule has 0 unspecified atom stereocenters. The lowest BCUT2D eigenvalue weighted by Crippen LogP contribution is -1.92. The van der Waals surface area contributed by atoms with Crippen molar-refractivity contribution in [1.29, 1.82) is 0 Å². The van der Waals surface area contributed by atoms with E-state index in [1.165, 1.54) is 0 Å². The second kappa shape index (κ2) is 4.25. The number of anilines is 1. The topological polar surface area (TPSA) is 90.7 Å². The number of rotatable bonds is 2. The Kier molecular flexibility index (Phi) is 2.45. The molecule has 2 N–H and O–H groups in total. The molecule has 0 saturated heterocycles. The van der Waals surface area contributed by atoms with Crippen molar-refractivity contribution in [2.24, 2.45) is 0 Å². The van der Waals surface area contributed by atoms with Crippen LogP contribution in [0.5, 0.6) is 0 Å². The minimum atomic E-state index is 0.205. The van der Waals surface area contributed by atoms with Crippen molar-refractivity contribution < 1.29 is 4.52 Å². The minimum Gasteiger partial charge on any atom is -0.367 e. The number of nitrogens with zero attached hydrogens (tertiary/aromatic N) is 4. The quantitative estimate of drug-likeness (QED) is 0.732. The summed E-state index contributed by atoms with van der Waals surface area (Å²) in [6.07, 6.45) is 4.95. The van der Waals surface area contributed by atoms with Crippen molar-refractivity contribution in [2.75, 3.05) is 5.73 Å². The second-order valence-electron chi connectivity index (χ2n) is 3.56. The maximum atomic E-state index is 5.79. The highest BCUT2D eigenvalue weighted by Gasteiger charge is 2.19. The van der Waals surface area contributed by atoms with Crippen LogP contribution in [-0.4, -0.2) is 20.1 Å². The van der Waals surface area contributed by atoms with Gasteiger partial charge < -0.3 is 10.3 Å². The van der Waals surface area contributed by atoms with Crippen LogP contribution >= 0.6 is 0 Å². The molecule has 6 nitrogen and oxygen atoms in total. The molecule has 88 valence electrons. The molecule has 3 aromatic rings. The molecule has 3 aromatic heterocycles. The van der Waals surface area contributed by atoms with Gasteiger partial charge in [0.25, 0.3) is 0 Å². The van der Waals surface area contributed by atoms with Crippen LogP contribution in [0.4, 0.5) is 5.88 Å². The van der Waals surface area contributed by atoms with Gasteiger partial charge in [-0.3, -0.25) is 4.98 Å². The molecule has 0 aliphatic heterocycles. The highest BCUT2D eigenvalue weighted by Crippen LogP contribution is 2.32. The summed E-state index contributed by atoms with van der Waals surface area (Å²) in [5.74, 6) is 0.662. The molecule has 0 aliphatic rings. The number of aromatic nitrogens is 4. The fraction of sp³-hybridized carbons (Fsp3) is 0. The maximum absolute atomic E-state index is 5.79. The molecule has 0 aromatic carbocycles. The Morgan fingerprint density at radius 3 is 2.44 bits per heavy atom. The first-order valence-corrected chi connectivity index (χ1v) is 5.30. The van der Waals surface area contributed by atoms with Gasteiger partial charge >= 0.3 is 0 Å². The van der Waals surface area contributed by atoms with Crippen molar-refractivity contribution in [1.82, 2.24) is 20.1 Å². The fourth-order valence-electron chi connectivity index (χ4n) is 1.63. The Labute approximate surface area is 103 Å². The van der Waals surface area contributed by atoms with Crippen LogP contribution in [0.25, 0.3) is 22.8 Å². The van der Waals surface area contributed by atoms with Gasteiger partial charge in [0.1, 0.15) is 0 Å². The number of hydrogen-bond acceptors (Lipinski definition) is 6. The van der Waals surface area contributed by atoms with Gasteiger partial charge in [-0.2, -0.15) is 0 Å². The predicted molar refractivity (Wildman–Crippen MR) is 65.2 cm³/mol. The van der Waals surface area contributed by atoms with Crippen LogP contribution in [0.3, 0.4) is 0 Å². The third-order valence-corrected chi connectivity index (χ3v) is 2.42. The molecule has 0 amide bonds. The van der Waals surface area contributed by atoms with E-state index in [0.717, 1.165) is 0 Å². The molecule has 3 rings (SSSR count). The second-order valence-corrected chi connectivity index (χ2v) is 3.56. The predicted octanol–water partition coefficient (Wildman–Crippen LogP) is 1.78. The van der Waals surface area contributed by atoms with Crippen molar-refractivity contribution in [3.8, 4) is 22.8 Å². The summed E-state index contributed by atoms with van der Waals surface area (Å²) in [5, 5.41) is 3.90. The molecule has 0 atom stereocenters. The molecule has 0 radical (unpaired) electrons. The van der Waals surface area contributed by atoms with Crippen molar-refractivity contribution in [3.63, 3.8) is 0 Å². The van der Waals surface area contributed by atoms with Gasteiger partial charge in [-0.05, 0) is 18.2 Å². The zero-order chi connectivity index (χ0) is 12.4. The van der Waals surface area contributed by atoms with E-state index in [1.807, 2.05) is 18.2 Å². The molecule has 0 spiro atoms. The highest BCUT2D eigenvalue weighted by atomic mass is 16.5. The lowest BCUT2D eigenvalue weighted by molar-refractivity contribution is 0.439. The van der Waals surface area contributed by atoms with E-state index in [2.05, 4.69) is 20.1 Å². The third-order valence-electron chi connectivity index (χ3n) is 2.42. The molecule has 0 saturated carbocycles. The largest absolute Gasteiger partial charge is 0.367 e. The van der Waals surface area contributed by atoms with Gasteiger partial charge in [-0.15, -0.1) is 0 Å². The molecule has 6 heteroatoms. The minimum absolute atomic E-state index is 0.205. The van der Waals surface area contributed by atoms with Gasteiger partial charge in [-0.25, -0.2) is 9.97 Å². The lowest BCUT2D eigenvalue weighted by atomic mass is 10.1. The first-order chi connectivity index (χ1) is 8.86. The normalized spacial score (nSPS) is 10.4. The van der Waals surface area contributed by atoms with E-state index in [9.17, 15) is 0 Å². The van der Waals surface area contributed by atoms with Gasteiger partial charge in [-0.1, -0.05) is 11.2 Å². The van der Waals surface area contributed by atoms with Crippen LogP contribution in [0.2, 0.25) is 0 Å². The summed E-state index contributed by atoms with van der Waals surface area (Å²) < 4.78 is 5.01. The van der Waals surface area contributed by atoms with E-state index in [4.69, 9.17) is 10.3 Å². The van der Waals surface area contributed by atoms with E-state index in [0.29, 0.717) is 22.8 Å². The van der Waals surface area contributed by atoms with Gasteiger partial charge in [0, 0.05) is 18.6 Å². The smallest absolute Gasteiger partial charge is 0.232 e. The third kappa shape index (κ3) is 1.69. The first kappa shape index (κ1) is 10.4. The van der Waals surface area contributed by atoms with Gasteiger partial charge in [0.2, 0.25) is 5.88 Å². The summed E-state index contributed by atoms with van der Waals surface area (Å²) in [6, 6.07) is 7.25. The van der Waals surface area contributed by atoms with Gasteiger partial charge in [0.05, 0.1) is 11.3 Å². The molecule has 0 aliphatic carbocycles. The van der Waals surface area contributed by atoms with Crippen molar-refractivity contribution in [2.45, 2.75) is 0 Å². The molecule has 18 heavy (non-hydrogen) atoms. The summed E-state index contributed by atoms with van der Waals surface area (Å²) in [6.45, 7) is 0. The van der Waals surface area contributed by atoms with Crippen LogP contribution < -0.4 is 5.73 Å². The summed E-state index contributed by atoms with van der Waals surface area (Å²) in [5.41, 5.74) is 7.57.